The first-order valence-corrected chi connectivity index (χ1v) is 7.17. The van der Waals surface area contributed by atoms with Crippen LogP contribution in [-0.4, -0.2) is 21.1 Å². The molecule has 0 aliphatic carbocycles. The molecule has 7 heteroatoms. The van der Waals surface area contributed by atoms with Crippen LogP contribution in [-0.2, 0) is 11.2 Å². The SMILES string of the molecule is Cc1nnc(NC(=O)Cc2ccc3cccc(N)c3n2)s1. The summed E-state index contributed by atoms with van der Waals surface area (Å²) >= 11 is 1.34. The molecule has 0 atom stereocenters. The molecular formula is C14H13N5OS. The van der Waals surface area contributed by atoms with E-state index < -0.39 is 0 Å². The highest BCUT2D eigenvalue weighted by Gasteiger charge is 2.09. The molecule has 0 bridgehead atoms. The lowest BCUT2D eigenvalue weighted by Gasteiger charge is -2.05. The van der Waals surface area contributed by atoms with Crippen molar-refractivity contribution in [1.82, 2.24) is 15.2 Å². The van der Waals surface area contributed by atoms with Crippen LogP contribution in [0, 0.1) is 6.92 Å². The molecule has 3 rings (SSSR count). The number of carbonyl (C=O) groups is 1. The molecule has 0 saturated heterocycles. The van der Waals surface area contributed by atoms with Crippen molar-refractivity contribution in [2.24, 2.45) is 0 Å². The summed E-state index contributed by atoms with van der Waals surface area (Å²) in [6, 6.07) is 9.35. The molecule has 1 aromatic carbocycles. The molecule has 2 heterocycles. The number of benzene rings is 1. The number of nitrogens with one attached hydrogen (secondary N) is 1. The smallest absolute Gasteiger partial charge is 0.232 e. The molecule has 3 N–H and O–H groups in total. The van der Waals surface area contributed by atoms with Gasteiger partial charge >= 0.3 is 0 Å². The van der Waals surface area contributed by atoms with E-state index in [1.165, 1.54) is 11.3 Å². The standard InChI is InChI=1S/C14H13N5OS/c1-8-18-19-14(21-8)17-12(20)7-10-6-5-9-3-2-4-11(15)13(9)16-10/h2-6H,7,15H2,1H3,(H,17,19,20). The van der Waals surface area contributed by atoms with Crippen LogP contribution in [0.25, 0.3) is 10.9 Å². The number of nitrogen functional groups attached to an aromatic ring is 1. The normalized spacial score (nSPS) is 10.7. The predicted octanol–water partition coefficient (Wildman–Crippen LogP) is 2.16. The van der Waals surface area contributed by atoms with Crippen molar-refractivity contribution in [3.63, 3.8) is 0 Å². The fraction of sp³-hybridized carbons (Fsp3) is 0.143. The first kappa shape index (κ1) is 13.4. The Bertz CT molecular complexity index is 814. The first-order chi connectivity index (χ1) is 10.1. The number of para-hydroxylation sites is 1. The second-order valence-corrected chi connectivity index (χ2v) is 5.75. The van der Waals surface area contributed by atoms with Crippen LogP contribution in [0.2, 0.25) is 0 Å². The minimum absolute atomic E-state index is 0.170. The molecule has 21 heavy (non-hydrogen) atoms. The maximum absolute atomic E-state index is 12.0. The topological polar surface area (TPSA) is 93.8 Å². The lowest BCUT2D eigenvalue weighted by Crippen LogP contribution is -2.15. The molecule has 0 radical (unpaired) electrons. The molecule has 1 amide bonds. The summed E-state index contributed by atoms with van der Waals surface area (Å²) in [5, 5.41) is 12.7. The van der Waals surface area contributed by atoms with Gasteiger partial charge in [-0.1, -0.05) is 29.5 Å². The van der Waals surface area contributed by atoms with Crippen LogP contribution >= 0.6 is 11.3 Å². The van der Waals surface area contributed by atoms with Crippen molar-refractivity contribution in [1.29, 1.82) is 0 Å². The van der Waals surface area contributed by atoms with Crippen LogP contribution in [0.3, 0.4) is 0 Å². The van der Waals surface area contributed by atoms with Crippen LogP contribution in [0.5, 0.6) is 0 Å². The minimum atomic E-state index is -0.174. The summed E-state index contributed by atoms with van der Waals surface area (Å²) in [6.07, 6.45) is 0.170. The van der Waals surface area contributed by atoms with Crippen LogP contribution in [0.4, 0.5) is 10.8 Å². The van der Waals surface area contributed by atoms with E-state index in [-0.39, 0.29) is 12.3 Å². The highest BCUT2D eigenvalue weighted by Crippen LogP contribution is 2.19. The van der Waals surface area contributed by atoms with E-state index >= 15 is 0 Å². The third-order valence-corrected chi connectivity index (χ3v) is 3.68. The maximum atomic E-state index is 12.0. The number of nitrogens with zero attached hydrogens (tertiary/aromatic N) is 3. The number of hydrogen-bond acceptors (Lipinski definition) is 6. The fourth-order valence-corrected chi connectivity index (χ4v) is 2.59. The fourth-order valence-electron chi connectivity index (χ4n) is 1.98. The quantitative estimate of drug-likeness (QED) is 0.723. The molecule has 2 aromatic heterocycles. The van der Waals surface area contributed by atoms with Gasteiger partial charge < -0.3 is 11.1 Å². The van der Waals surface area contributed by atoms with Gasteiger partial charge in [-0.25, -0.2) is 0 Å². The molecule has 106 valence electrons. The highest BCUT2D eigenvalue weighted by atomic mass is 32.1. The number of pyridine rings is 1. The van der Waals surface area contributed by atoms with E-state index in [1.807, 2.05) is 31.2 Å². The summed E-state index contributed by atoms with van der Waals surface area (Å²) in [7, 11) is 0. The largest absolute Gasteiger partial charge is 0.397 e. The number of rotatable bonds is 3. The van der Waals surface area contributed by atoms with Crippen molar-refractivity contribution in [2.75, 3.05) is 11.1 Å². The lowest BCUT2D eigenvalue weighted by atomic mass is 10.1. The van der Waals surface area contributed by atoms with Crippen molar-refractivity contribution >= 4 is 39.0 Å². The lowest BCUT2D eigenvalue weighted by molar-refractivity contribution is -0.115. The number of amides is 1. The number of aromatic nitrogens is 3. The zero-order valence-electron chi connectivity index (χ0n) is 11.3. The highest BCUT2D eigenvalue weighted by molar-refractivity contribution is 7.15. The van der Waals surface area contributed by atoms with Crippen molar-refractivity contribution in [3.05, 3.63) is 41.0 Å². The van der Waals surface area contributed by atoms with Crippen LogP contribution in [0.1, 0.15) is 10.7 Å². The van der Waals surface area contributed by atoms with Gasteiger partial charge in [-0.05, 0) is 19.1 Å². The van der Waals surface area contributed by atoms with E-state index in [1.54, 1.807) is 6.07 Å². The average Bonchev–Trinajstić information content (AvgIpc) is 2.85. The Kier molecular flexibility index (Phi) is 3.49. The maximum Gasteiger partial charge on any atom is 0.232 e. The minimum Gasteiger partial charge on any atom is -0.397 e. The van der Waals surface area contributed by atoms with Gasteiger partial charge in [0.05, 0.1) is 23.3 Å². The molecule has 0 aliphatic heterocycles. The predicted molar refractivity (Wildman–Crippen MR) is 83.1 cm³/mol. The summed E-state index contributed by atoms with van der Waals surface area (Å²) in [5.41, 5.74) is 7.89. The number of anilines is 2. The Hall–Kier alpha value is -2.54. The van der Waals surface area contributed by atoms with Gasteiger partial charge in [0.15, 0.2) is 0 Å². The molecular weight excluding hydrogens is 286 g/mol. The molecule has 0 unspecified atom stereocenters. The number of fused-ring (bicyclic) bond motifs is 1. The molecule has 3 aromatic rings. The number of aryl methyl sites for hydroxylation is 1. The van der Waals surface area contributed by atoms with Crippen molar-refractivity contribution in [3.8, 4) is 0 Å². The van der Waals surface area contributed by atoms with E-state index in [9.17, 15) is 4.79 Å². The third-order valence-electron chi connectivity index (χ3n) is 2.92. The Morgan fingerprint density at radius 3 is 2.90 bits per heavy atom. The van der Waals surface area contributed by atoms with E-state index in [4.69, 9.17) is 5.73 Å². The van der Waals surface area contributed by atoms with Gasteiger partial charge in [0, 0.05) is 5.39 Å². The first-order valence-electron chi connectivity index (χ1n) is 6.36. The van der Waals surface area contributed by atoms with Gasteiger partial charge in [-0.3, -0.25) is 9.78 Å². The van der Waals surface area contributed by atoms with E-state index in [2.05, 4.69) is 20.5 Å². The zero-order chi connectivity index (χ0) is 14.8. The van der Waals surface area contributed by atoms with Gasteiger partial charge in [-0.15, -0.1) is 10.2 Å². The van der Waals surface area contributed by atoms with Crippen molar-refractivity contribution in [2.45, 2.75) is 13.3 Å². The van der Waals surface area contributed by atoms with Crippen molar-refractivity contribution < 1.29 is 4.79 Å². The Labute approximate surface area is 125 Å². The monoisotopic (exact) mass is 299 g/mol. The third kappa shape index (κ3) is 2.97. The molecule has 0 aliphatic rings. The van der Waals surface area contributed by atoms with Crippen LogP contribution in [0.15, 0.2) is 30.3 Å². The summed E-state index contributed by atoms with van der Waals surface area (Å²) in [5.74, 6) is -0.174. The number of carbonyl (C=O) groups excluding carboxylic acids is 1. The summed E-state index contributed by atoms with van der Waals surface area (Å²) in [4.78, 5) is 16.4. The molecule has 6 nitrogen and oxygen atoms in total. The van der Waals surface area contributed by atoms with Gasteiger partial charge in [-0.2, -0.15) is 0 Å². The van der Waals surface area contributed by atoms with Gasteiger partial charge in [0.1, 0.15) is 5.01 Å². The van der Waals surface area contributed by atoms with Gasteiger partial charge in [0.2, 0.25) is 11.0 Å². The van der Waals surface area contributed by atoms with Gasteiger partial charge in [0.25, 0.3) is 0 Å². The Morgan fingerprint density at radius 1 is 1.29 bits per heavy atom. The summed E-state index contributed by atoms with van der Waals surface area (Å²) < 4.78 is 0. The Balaban J connectivity index is 1.78. The molecule has 0 saturated carbocycles. The molecule has 0 spiro atoms. The second kappa shape index (κ2) is 5.45. The second-order valence-electron chi connectivity index (χ2n) is 4.57. The van der Waals surface area contributed by atoms with E-state index in [0.717, 1.165) is 15.9 Å². The average molecular weight is 299 g/mol. The number of nitrogens with two attached hydrogens (primary N) is 1. The molecule has 0 fully saturated rings. The van der Waals surface area contributed by atoms with E-state index in [0.29, 0.717) is 16.5 Å². The Morgan fingerprint density at radius 2 is 2.14 bits per heavy atom. The summed E-state index contributed by atoms with van der Waals surface area (Å²) in [6.45, 7) is 1.83. The number of hydrogen-bond donors (Lipinski definition) is 2. The zero-order valence-corrected chi connectivity index (χ0v) is 12.1. The van der Waals surface area contributed by atoms with Crippen LogP contribution < -0.4 is 11.1 Å².